The summed E-state index contributed by atoms with van der Waals surface area (Å²) < 4.78 is 12.0. The maximum Gasteiger partial charge on any atom is 0.272 e. The van der Waals surface area contributed by atoms with Crippen LogP contribution in [0.1, 0.15) is 19.3 Å². The minimum absolute atomic E-state index is 0.0118. The number of anilines is 1. The number of aliphatic imine (C=N–C) groups is 1. The Morgan fingerprint density at radius 2 is 2.30 bits per heavy atom. The molecule has 1 rings (SSSR count). The first-order valence-corrected chi connectivity index (χ1v) is 6.17. The van der Waals surface area contributed by atoms with Gasteiger partial charge in [0.15, 0.2) is 0 Å². The third-order valence-corrected chi connectivity index (χ3v) is 2.66. The van der Waals surface area contributed by atoms with E-state index in [4.69, 9.17) is 11.5 Å². The van der Waals surface area contributed by atoms with Crippen molar-refractivity contribution in [2.45, 2.75) is 25.3 Å². The summed E-state index contributed by atoms with van der Waals surface area (Å²) in [6.07, 6.45) is 1.87. The predicted octanol–water partition coefficient (Wildman–Crippen LogP) is -1.01. The number of tetrazole rings is 1. The Labute approximate surface area is 115 Å². The zero-order valence-corrected chi connectivity index (χ0v) is 11.3. The molecule has 1 heterocycles. The van der Waals surface area contributed by atoms with Crippen molar-refractivity contribution < 1.29 is 9.18 Å². The van der Waals surface area contributed by atoms with Gasteiger partial charge in [0.1, 0.15) is 12.5 Å². The van der Waals surface area contributed by atoms with E-state index in [-0.39, 0.29) is 17.7 Å². The average molecular weight is 286 g/mol. The predicted molar refractivity (Wildman–Crippen MR) is 71.9 cm³/mol. The molecule has 112 valence electrons. The van der Waals surface area contributed by atoms with E-state index < -0.39 is 12.7 Å². The van der Waals surface area contributed by atoms with Crippen LogP contribution in [0.2, 0.25) is 0 Å². The van der Waals surface area contributed by atoms with Crippen molar-refractivity contribution in [3.8, 4) is 0 Å². The summed E-state index contributed by atoms with van der Waals surface area (Å²) >= 11 is 0. The number of amidine groups is 1. The highest BCUT2D eigenvalue weighted by Crippen LogP contribution is 2.06. The Balaban J connectivity index is 2.28. The molecule has 20 heavy (non-hydrogen) atoms. The molecule has 0 aliphatic carbocycles. The van der Waals surface area contributed by atoms with Gasteiger partial charge in [0, 0.05) is 13.6 Å². The number of nitrogens with one attached hydrogen (secondary N) is 1. The highest BCUT2D eigenvalue weighted by Gasteiger charge is 2.21. The van der Waals surface area contributed by atoms with Crippen molar-refractivity contribution in [1.29, 1.82) is 0 Å². The number of nitrogens with two attached hydrogens (primary N) is 2. The van der Waals surface area contributed by atoms with E-state index in [0.717, 1.165) is 0 Å². The van der Waals surface area contributed by atoms with Crippen LogP contribution in [0.5, 0.6) is 0 Å². The lowest BCUT2D eigenvalue weighted by Gasteiger charge is -2.17. The highest BCUT2D eigenvalue weighted by molar-refractivity contribution is 5.94. The lowest BCUT2D eigenvalue weighted by atomic mass is 10.1. The van der Waals surface area contributed by atoms with Crippen molar-refractivity contribution in [1.82, 2.24) is 20.6 Å². The molecule has 9 nitrogen and oxygen atoms in total. The van der Waals surface area contributed by atoms with Gasteiger partial charge in [-0.1, -0.05) is 5.10 Å². The molecular formula is C10H19FN8O. The number of halogens is 1. The number of nitrogens with zero attached hydrogens (tertiary/aromatic N) is 5. The van der Waals surface area contributed by atoms with Crippen LogP contribution in [0.4, 0.5) is 10.3 Å². The molecular weight excluding hydrogens is 267 g/mol. The van der Waals surface area contributed by atoms with Gasteiger partial charge in [-0.15, -0.1) is 5.10 Å². The minimum atomic E-state index is -0.743. The van der Waals surface area contributed by atoms with Crippen molar-refractivity contribution in [2.75, 3.05) is 25.2 Å². The zero-order valence-electron chi connectivity index (χ0n) is 11.3. The molecule has 10 heteroatoms. The standard InChI is InChI=1S/C10H19FN8O/c1-19(10-15-17-18-16-10)9(20)7(12)4-2-3-5-14-8(13)6-11/h7H,2-6,12H2,1H3,(H2,13,14)(H,15,16,17,18). The summed E-state index contributed by atoms with van der Waals surface area (Å²) in [7, 11) is 1.53. The van der Waals surface area contributed by atoms with Crippen LogP contribution in [0.3, 0.4) is 0 Å². The van der Waals surface area contributed by atoms with Crippen LogP contribution < -0.4 is 16.4 Å². The number of hydrogen-bond acceptors (Lipinski definition) is 6. The molecule has 1 aromatic heterocycles. The average Bonchev–Trinajstić information content (AvgIpc) is 2.98. The summed E-state index contributed by atoms with van der Waals surface area (Å²) in [4.78, 5) is 17.0. The normalized spacial score (nSPS) is 13.2. The van der Waals surface area contributed by atoms with Gasteiger partial charge in [0.05, 0.1) is 6.04 Å². The molecule has 0 fully saturated rings. The fourth-order valence-corrected chi connectivity index (χ4v) is 1.51. The quantitative estimate of drug-likeness (QED) is 0.318. The first-order valence-electron chi connectivity index (χ1n) is 6.17. The van der Waals surface area contributed by atoms with E-state index in [2.05, 4.69) is 25.6 Å². The number of H-pyrrole nitrogens is 1. The van der Waals surface area contributed by atoms with Gasteiger partial charge < -0.3 is 11.5 Å². The first kappa shape index (κ1) is 16.0. The molecule has 1 aromatic rings. The zero-order chi connectivity index (χ0) is 15.0. The van der Waals surface area contributed by atoms with E-state index in [1.165, 1.54) is 11.9 Å². The van der Waals surface area contributed by atoms with Crippen molar-refractivity contribution in [3.05, 3.63) is 0 Å². The maximum absolute atomic E-state index is 12.0. The third-order valence-electron chi connectivity index (χ3n) is 2.66. The van der Waals surface area contributed by atoms with E-state index in [1.807, 2.05) is 0 Å². The Kier molecular flexibility index (Phi) is 6.50. The SMILES string of the molecule is CN(C(=O)C(N)CCCCN=C(N)CF)c1nn[nH]n1. The number of amides is 1. The van der Waals surface area contributed by atoms with Crippen LogP contribution in [-0.4, -0.2) is 58.7 Å². The Morgan fingerprint density at radius 3 is 2.90 bits per heavy atom. The number of hydrogen-bond donors (Lipinski definition) is 3. The van der Waals surface area contributed by atoms with Crippen LogP contribution in [-0.2, 0) is 4.79 Å². The van der Waals surface area contributed by atoms with Gasteiger partial charge in [-0.25, -0.2) is 4.39 Å². The van der Waals surface area contributed by atoms with Gasteiger partial charge in [-0.2, -0.15) is 5.21 Å². The molecule has 0 aromatic carbocycles. The fraction of sp³-hybridized carbons (Fsp3) is 0.700. The number of aromatic amines is 1. The molecule has 0 saturated heterocycles. The van der Waals surface area contributed by atoms with Gasteiger partial charge >= 0.3 is 0 Å². The number of carbonyl (C=O) groups is 1. The van der Waals surface area contributed by atoms with Crippen LogP contribution in [0.25, 0.3) is 0 Å². The van der Waals surface area contributed by atoms with Crippen LogP contribution in [0, 0.1) is 0 Å². The van der Waals surface area contributed by atoms with Crippen LogP contribution >= 0.6 is 0 Å². The molecule has 0 spiro atoms. The molecule has 0 aliphatic heterocycles. The van der Waals surface area contributed by atoms with E-state index >= 15 is 0 Å². The number of carbonyl (C=O) groups excluding carboxylic acids is 1. The summed E-state index contributed by atoms with van der Waals surface area (Å²) in [6, 6.07) is -0.652. The molecule has 1 unspecified atom stereocenters. The lowest BCUT2D eigenvalue weighted by Crippen LogP contribution is -2.42. The second-order valence-corrected chi connectivity index (χ2v) is 4.22. The molecule has 0 aliphatic rings. The van der Waals surface area contributed by atoms with E-state index in [9.17, 15) is 9.18 Å². The molecule has 0 radical (unpaired) electrons. The van der Waals surface area contributed by atoms with Gasteiger partial charge in [-0.3, -0.25) is 14.7 Å². The summed E-state index contributed by atoms with van der Waals surface area (Å²) in [5, 5.41) is 13.0. The number of alkyl halides is 1. The summed E-state index contributed by atoms with van der Waals surface area (Å²) in [6.45, 7) is -0.315. The second-order valence-electron chi connectivity index (χ2n) is 4.22. The maximum atomic E-state index is 12.0. The molecule has 5 N–H and O–H groups in total. The number of unbranched alkanes of at least 4 members (excludes halogenated alkanes) is 1. The monoisotopic (exact) mass is 286 g/mol. The Hall–Kier alpha value is -2.10. The van der Waals surface area contributed by atoms with Gasteiger partial charge in [-0.05, 0) is 24.5 Å². The van der Waals surface area contributed by atoms with Crippen molar-refractivity contribution >= 4 is 17.7 Å². The number of rotatable bonds is 8. The summed E-state index contributed by atoms with van der Waals surface area (Å²) in [5.74, 6) is -0.133. The number of likely N-dealkylation sites (N-methyl/N-ethyl adjacent to an activating group) is 1. The first-order chi connectivity index (χ1) is 9.56. The van der Waals surface area contributed by atoms with E-state index in [0.29, 0.717) is 25.8 Å². The molecule has 1 atom stereocenters. The smallest absolute Gasteiger partial charge is 0.272 e. The van der Waals surface area contributed by atoms with Crippen LogP contribution in [0.15, 0.2) is 4.99 Å². The van der Waals surface area contributed by atoms with Crippen molar-refractivity contribution in [2.24, 2.45) is 16.5 Å². The highest BCUT2D eigenvalue weighted by atomic mass is 19.1. The lowest BCUT2D eigenvalue weighted by molar-refractivity contribution is -0.119. The Bertz CT molecular complexity index is 434. The minimum Gasteiger partial charge on any atom is -0.385 e. The third kappa shape index (κ3) is 4.88. The molecule has 0 bridgehead atoms. The van der Waals surface area contributed by atoms with E-state index in [1.54, 1.807) is 0 Å². The van der Waals surface area contributed by atoms with Gasteiger partial charge in [0.2, 0.25) is 5.91 Å². The summed E-state index contributed by atoms with van der Waals surface area (Å²) in [5.41, 5.74) is 11.0. The fourth-order valence-electron chi connectivity index (χ4n) is 1.51. The second kappa shape index (κ2) is 8.15. The topological polar surface area (TPSA) is 139 Å². The number of aromatic nitrogens is 4. The molecule has 1 amide bonds. The molecule has 0 saturated carbocycles. The largest absolute Gasteiger partial charge is 0.385 e. The van der Waals surface area contributed by atoms with Crippen molar-refractivity contribution in [3.63, 3.8) is 0 Å². The Morgan fingerprint density at radius 1 is 1.55 bits per heavy atom. The van der Waals surface area contributed by atoms with Gasteiger partial charge in [0.25, 0.3) is 5.95 Å².